The molecule has 2 aromatic heterocycles. The van der Waals surface area contributed by atoms with E-state index < -0.39 is 0 Å². The smallest absolute Gasteiger partial charge is 0.131 e. The third kappa shape index (κ3) is 3.04. The Bertz CT molecular complexity index is 656. The van der Waals surface area contributed by atoms with Crippen molar-refractivity contribution >= 4 is 22.6 Å². The summed E-state index contributed by atoms with van der Waals surface area (Å²) in [6.07, 6.45) is 5.46. The van der Waals surface area contributed by atoms with Gasteiger partial charge in [-0.3, -0.25) is 9.98 Å². The minimum Gasteiger partial charge on any atom is -0.338 e. The molecule has 0 saturated heterocycles. The highest BCUT2D eigenvalue weighted by Gasteiger charge is 2.03. The summed E-state index contributed by atoms with van der Waals surface area (Å²) in [6, 6.07) is 7.50. The van der Waals surface area contributed by atoms with Crippen LogP contribution in [0.3, 0.4) is 0 Å². The van der Waals surface area contributed by atoms with Gasteiger partial charge in [0.15, 0.2) is 0 Å². The molecule has 19 heavy (non-hydrogen) atoms. The van der Waals surface area contributed by atoms with Gasteiger partial charge in [-0.05, 0) is 43.8 Å². The van der Waals surface area contributed by atoms with Crippen LogP contribution in [0.2, 0.25) is 0 Å². The van der Waals surface area contributed by atoms with Crippen LogP contribution in [0.25, 0.3) is 11.0 Å². The van der Waals surface area contributed by atoms with E-state index in [-0.39, 0.29) is 0 Å². The monoisotopic (exact) mass is 251 g/mol. The fourth-order valence-corrected chi connectivity index (χ4v) is 1.67. The second-order valence-corrected chi connectivity index (χ2v) is 3.89. The van der Waals surface area contributed by atoms with Gasteiger partial charge in [-0.15, -0.1) is 0 Å². The van der Waals surface area contributed by atoms with Crippen LogP contribution in [-0.4, -0.2) is 22.7 Å². The SMILES string of the molecule is [CH]=C(Nc1ccc2ncccc2n1)C(/C=C\C)=NC. The van der Waals surface area contributed by atoms with E-state index in [1.165, 1.54) is 0 Å². The van der Waals surface area contributed by atoms with Crippen molar-refractivity contribution in [3.05, 3.63) is 54.9 Å². The quantitative estimate of drug-likeness (QED) is 0.850. The second kappa shape index (κ2) is 5.91. The first-order chi connectivity index (χ1) is 9.24. The van der Waals surface area contributed by atoms with Crippen LogP contribution in [-0.2, 0) is 0 Å². The fraction of sp³-hybridized carbons (Fsp3) is 0.133. The summed E-state index contributed by atoms with van der Waals surface area (Å²) in [4.78, 5) is 12.8. The maximum Gasteiger partial charge on any atom is 0.131 e. The van der Waals surface area contributed by atoms with Crippen LogP contribution in [0.15, 0.2) is 53.3 Å². The van der Waals surface area contributed by atoms with Crippen molar-refractivity contribution in [3.8, 4) is 0 Å². The van der Waals surface area contributed by atoms with Crippen molar-refractivity contribution < 1.29 is 0 Å². The lowest BCUT2D eigenvalue weighted by Crippen LogP contribution is -2.09. The summed E-state index contributed by atoms with van der Waals surface area (Å²) < 4.78 is 0. The van der Waals surface area contributed by atoms with Gasteiger partial charge in [0.05, 0.1) is 22.4 Å². The molecule has 0 aliphatic heterocycles. The van der Waals surface area contributed by atoms with Crippen molar-refractivity contribution in [2.45, 2.75) is 6.92 Å². The number of pyridine rings is 2. The number of hydrogen-bond donors (Lipinski definition) is 1. The maximum absolute atomic E-state index is 5.96. The number of allylic oxidation sites excluding steroid dienone is 2. The van der Waals surface area contributed by atoms with Crippen molar-refractivity contribution in [3.63, 3.8) is 0 Å². The Morgan fingerprint density at radius 2 is 2.16 bits per heavy atom. The van der Waals surface area contributed by atoms with E-state index in [2.05, 4.69) is 20.3 Å². The molecule has 0 atom stereocenters. The number of nitrogens with zero attached hydrogens (tertiary/aromatic N) is 3. The Morgan fingerprint density at radius 1 is 1.32 bits per heavy atom. The summed E-state index contributed by atoms with van der Waals surface area (Å²) in [5, 5.41) is 3.04. The third-order valence-electron chi connectivity index (χ3n) is 2.56. The van der Waals surface area contributed by atoms with E-state index in [0.29, 0.717) is 17.2 Å². The zero-order valence-corrected chi connectivity index (χ0v) is 11.0. The van der Waals surface area contributed by atoms with Crippen molar-refractivity contribution in [2.24, 2.45) is 4.99 Å². The van der Waals surface area contributed by atoms with E-state index in [1.54, 1.807) is 13.2 Å². The number of aliphatic imine (C=N–C) groups is 1. The standard InChI is InChI=1S/C15H15N4/c1-4-6-12(16-3)11(2)18-15-9-8-13-14(19-15)7-5-10-17-13/h2,4-10H,1,3H3,(H,18,19)/b6-4-,11-2?,16-12?. The highest BCUT2D eigenvalue weighted by molar-refractivity contribution is 6.09. The summed E-state index contributed by atoms with van der Waals surface area (Å²) in [5.41, 5.74) is 2.83. The van der Waals surface area contributed by atoms with Gasteiger partial charge < -0.3 is 5.32 Å². The van der Waals surface area contributed by atoms with Gasteiger partial charge >= 0.3 is 0 Å². The van der Waals surface area contributed by atoms with Gasteiger partial charge in [-0.1, -0.05) is 6.08 Å². The molecule has 0 fully saturated rings. The molecule has 0 saturated carbocycles. The summed E-state index contributed by atoms with van der Waals surface area (Å²) in [5.74, 6) is 0.670. The van der Waals surface area contributed by atoms with E-state index in [1.807, 2.05) is 43.3 Å². The lowest BCUT2D eigenvalue weighted by atomic mass is 10.2. The Hall–Kier alpha value is -2.49. The molecular weight excluding hydrogens is 236 g/mol. The largest absolute Gasteiger partial charge is 0.338 e. The Kier molecular flexibility index (Phi) is 4.03. The number of hydrogen-bond acceptors (Lipinski definition) is 4. The molecule has 2 aromatic rings. The maximum atomic E-state index is 5.96. The lowest BCUT2D eigenvalue weighted by molar-refractivity contribution is 1.31. The number of fused-ring (bicyclic) bond motifs is 1. The molecule has 4 nitrogen and oxygen atoms in total. The second-order valence-electron chi connectivity index (χ2n) is 3.89. The average Bonchev–Trinajstić information content (AvgIpc) is 2.44. The van der Waals surface area contributed by atoms with E-state index >= 15 is 0 Å². The molecule has 2 rings (SSSR count). The minimum atomic E-state index is 0.469. The molecule has 0 aliphatic carbocycles. The van der Waals surface area contributed by atoms with Crippen LogP contribution < -0.4 is 5.32 Å². The fourth-order valence-electron chi connectivity index (χ4n) is 1.67. The first-order valence-corrected chi connectivity index (χ1v) is 5.95. The molecule has 0 amide bonds. The van der Waals surface area contributed by atoms with Crippen LogP contribution in [0.5, 0.6) is 0 Å². The first kappa shape index (κ1) is 13.0. The molecule has 0 aliphatic rings. The zero-order valence-electron chi connectivity index (χ0n) is 11.0. The van der Waals surface area contributed by atoms with E-state index in [0.717, 1.165) is 11.0 Å². The molecule has 0 aromatic carbocycles. The van der Waals surface area contributed by atoms with E-state index in [4.69, 9.17) is 6.58 Å². The van der Waals surface area contributed by atoms with Gasteiger partial charge in [-0.2, -0.15) is 0 Å². The Balaban J connectivity index is 2.24. The van der Waals surface area contributed by atoms with Gasteiger partial charge in [-0.25, -0.2) is 4.98 Å². The molecule has 95 valence electrons. The zero-order chi connectivity index (χ0) is 13.7. The number of rotatable bonds is 4. The van der Waals surface area contributed by atoms with Gasteiger partial charge in [0.2, 0.25) is 0 Å². The molecule has 1 N–H and O–H groups in total. The molecule has 0 spiro atoms. The van der Waals surface area contributed by atoms with Crippen LogP contribution in [0.4, 0.5) is 5.82 Å². The normalized spacial score (nSPS) is 12.0. The van der Waals surface area contributed by atoms with Gasteiger partial charge in [0, 0.05) is 13.2 Å². The Labute approximate surface area is 112 Å². The highest BCUT2D eigenvalue weighted by atomic mass is 15.0. The molecule has 0 unspecified atom stereocenters. The molecule has 0 bridgehead atoms. The van der Waals surface area contributed by atoms with Crippen molar-refractivity contribution in [1.82, 2.24) is 9.97 Å². The van der Waals surface area contributed by atoms with Crippen molar-refractivity contribution in [1.29, 1.82) is 0 Å². The first-order valence-electron chi connectivity index (χ1n) is 5.95. The van der Waals surface area contributed by atoms with Crippen molar-refractivity contribution in [2.75, 3.05) is 12.4 Å². The minimum absolute atomic E-state index is 0.469. The predicted octanol–water partition coefficient (Wildman–Crippen LogP) is 3.01. The average molecular weight is 251 g/mol. The molecule has 1 radical (unpaired) electrons. The molecule has 2 heterocycles. The summed E-state index contributed by atoms with van der Waals surface area (Å²) in [7, 11) is 1.70. The number of anilines is 1. The van der Waals surface area contributed by atoms with Crippen LogP contribution in [0.1, 0.15) is 6.92 Å². The summed E-state index contributed by atoms with van der Waals surface area (Å²) in [6.45, 7) is 7.87. The Morgan fingerprint density at radius 3 is 2.89 bits per heavy atom. The number of nitrogens with one attached hydrogen (secondary N) is 1. The third-order valence-corrected chi connectivity index (χ3v) is 2.56. The topological polar surface area (TPSA) is 50.2 Å². The molecular formula is C15H15N4. The van der Waals surface area contributed by atoms with Gasteiger partial charge in [0.1, 0.15) is 5.82 Å². The lowest BCUT2D eigenvalue weighted by Gasteiger charge is -2.09. The summed E-state index contributed by atoms with van der Waals surface area (Å²) >= 11 is 0. The van der Waals surface area contributed by atoms with E-state index in [9.17, 15) is 0 Å². The number of aromatic nitrogens is 2. The highest BCUT2D eigenvalue weighted by Crippen LogP contribution is 2.14. The van der Waals surface area contributed by atoms with Crippen LogP contribution in [0, 0.1) is 6.58 Å². The van der Waals surface area contributed by atoms with Crippen LogP contribution >= 0.6 is 0 Å². The predicted molar refractivity (Wildman–Crippen MR) is 79.1 cm³/mol. The molecule has 4 heteroatoms. The van der Waals surface area contributed by atoms with Gasteiger partial charge in [0.25, 0.3) is 0 Å².